The summed E-state index contributed by atoms with van der Waals surface area (Å²) in [6, 6.07) is 18.4. The van der Waals surface area contributed by atoms with E-state index in [9.17, 15) is 13.2 Å². The Morgan fingerprint density at radius 3 is 2.26 bits per heavy atom. The van der Waals surface area contributed by atoms with E-state index >= 15 is 0 Å². The summed E-state index contributed by atoms with van der Waals surface area (Å²) in [6.45, 7) is 7.12. The lowest BCUT2D eigenvalue weighted by atomic mass is 10.1. The van der Waals surface area contributed by atoms with Crippen LogP contribution in [0.3, 0.4) is 0 Å². The van der Waals surface area contributed by atoms with Gasteiger partial charge in [0.15, 0.2) is 0 Å². The van der Waals surface area contributed by atoms with Gasteiger partial charge >= 0.3 is 0 Å². The molecule has 35 heavy (non-hydrogen) atoms. The van der Waals surface area contributed by atoms with Crippen LogP contribution < -0.4 is 10.2 Å². The largest absolute Gasteiger partial charge is 0.497 e. The molecule has 0 aromatic heterocycles. The van der Waals surface area contributed by atoms with Crippen molar-refractivity contribution in [1.29, 1.82) is 0 Å². The van der Waals surface area contributed by atoms with Crippen molar-refractivity contribution in [3.8, 4) is 5.75 Å². The van der Waals surface area contributed by atoms with Gasteiger partial charge in [-0.1, -0.05) is 59.7 Å². The molecule has 0 spiro atoms. The summed E-state index contributed by atoms with van der Waals surface area (Å²) in [6.07, 6.45) is 1.48. The normalized spacial score (nSPS) is 11.7. The highest BCUT2D eigenvalue weighted by Crippen LogP contribution is 2.26. The zero-order valence-electron chi connectivity index (χ0n) is 20.7. The molecular formula is C27H31N3O4S. The topological polar surface area (TPSA) is 88.1 Å². The van der Waals surface area contributed by atoms with E-state index in [0.717, 1.165) is 22.3 Å². The second kappa shape index (κ2) is 11.3. The predicted octanol–water partition coefficient (Wildman–Crippen LogP) is 4.27. The van der Waals surface area contributed by atoms with Crippen LogP contribution in [0.25, 0.3) is 0 Å². The summed E-state index contributed by atoms with van der Waals surface area (Å²) in [4.78, 5) is 13.0. The van der Waals surface area contributed by atoms with Crippen molar-refractivity contribution in [3.63, 3.8) is 0 Å². The Morgan fingerprint density at radius 2 is 1.63 bits per heavy atom. The number of hydrazone groups is 1. The molecule has 0 aliphatic rings. The van der Waals surface area contributed by atoms with Crippen molar-refractivity contribution in [2.24, 2.45) is 5.10 Å². The number of carbonyl (C=O) groups is 1. The fraction of sp³-hybridized carbons (Fsp3) is 0.259. The molecule has 1 amide bonds. The first-order valence-corrected chi connectivity index (χ1v) is 12.6. The molecule has 0 radical (unpaired) electrons. The highest BCUT2D eigenvalue weighted by molar-refractivity contribution is 7.89. The molecule has 0 atom stereocenters. The molecule has 7 nitrogen and oxygen atoms in total. The average molecular weight is 494 g/mol. The van der Waals surface area contributed by atoms with E-state index in [-0.39, 0.29) is 18.0 Å². The number of sulfonamides is 1. The van der Waals surface area contributed by atoms with E-state index in [2.05, 4.69) is 10.5 Å². The van der Waals surface area contributed by atoms with Crippen molar-refractivity contribution < 1.29 is 17.9 Å². The monoisotopic (exact) mass is 493 g/mol. The maximum atomic E-state index is 13.8. The molecule has 0 aliphatic carbocycles. The zero-order chi connectivity index (χ0) is 25.6. The van der Waals surface area contributed by atoms with Gasteiger partial charge < -0.3 is 4.74 Å². The molecule has 0 saturated heterocycles. The summed E-state index contributed by atoms with van der Waals surface area (Å²) in [5.74, 6) is 0.127. The highest BCUT2D eigenvalue weighted by Gasteiger charge is 2.30. The summed E-state index contributed by atoms with van der Waals surface area (Å²) in [5, 5.41) is 3.99. The van der Waals surface area contributed by atoms with Gasteiger partial charge in [-0.15, -0.1) is 0 Å². The molecule has 8 heteroatoms. The number of ether oxygens (including phenoxy) is 1. The molecule has 184 valence electrons. The molecule has 3 rings (SSSR count). The molecule has 3 aromatic carbocycles. The summed E-state index contributed by atoms with van der Waals surface area (Å²) in [7, 11) is -2.40. The van der Waals surface area contributed by atoms with Gasteiger partial charge in [-0.2, -0.15) is 9.41 Å². The minimum atomic E-state index is -3.96. The Kier molecular flexibility index (Phi) is 8.43. The molecule has 0 saturated carbocycles. The van der Waals surface area contributed by atoms with Crippen molar-refractivity contribution in [3.05, 3.63) is 94.0 Å². The van der Waals surface area contributed by atoms with Gasteiger partial charge in [-0.25, -0.2) is 13.8 Å². The zero-order valence-corrected chi connectivity index (χ0v) is 21.5. The lowest BCUT2D eigenvalue weighted by molar-refractivity contribution is -0.121. The van der Waals surface area contributed by atoms with Gasteiger partial charge in [-0.05, 0) is 62.1 Å². The number of carbonyl (C=O) groups excluding carboxylic acids is 1. The van der Waals surface area contributed by atoms with Gasteiger partial charge in [-0.3, -0.25) is 4.79 Å². The van der Waals surface area contributed by atoms with E-state index in [1.54, 1.807) is 33.1 Å². The molecular weight excluding hydrogens is 462 g/mol. The minimum Gasteiger partial charge on any atom is -0.497 e. The van der Waals surface area contributed by atoms with E-state index < -0.39 is 15.9 Å². The number of benzene rings is 3. The Bertz CT molecular complexity index is 1310. The van der Waals surface area contributed by atoms with E-state index in [0.29, 0.717) is 16.9 Å². The first kappa shape index (κ1) is 26.1. The lowest BCUT2D eigenvalue weighted by Gasteiger charge is -2.24. The first-order chi connectivity index (χ1) is 16.6. The second-order valence-electron chi connectivity index (χ2n) is 8.56. The van der Waals surface area contributed by atoms with Crippen LogP contribution >= 0.6 is 0 Å². The first-order valence-electron chi connectivity index (χ1n) is 11.2. The van der Waals surface area contributed by atoms with Crippen LogP contribution in [0.2, 0.25) is 0 Å². The van der Waals surface area contributed by atoms with E-state index in [1.807, 2.05) is 62.4 Å². The maximum absolute atomic E-state index is 13.8. The Hall–Kier alpha value is -3.49. The fourth-order valence-electron chi connectivity index (χ4n) is 3.92. The van der Waals surface area contributed by atoms with Gasteiger partial charge in [0.2, 0.25) is 10.0 Å². The number of hydrogen-bond donors (Lipinski definition) is 1. The SMILES string of the molecule is COc1cccc(/C=N/NC(=O)CN(Cc2ccc(C)cc2)S(=O)(=O)c2c(C)cc(C)cc2C)c1. The van der Waals surface area contributed by atoms with Gasteiger partial charge in [0.25, 0.3) is 5.91 Å². The van der Waals surface area contributed by atoms with E-state index in [4.69, 9.17) is 4.74 Å². The van der Waals surface area contributed by atoms with Crippen LogP contribution in [0.15, 0.2) is 70.7 Å². The molecule has 3 aromatic rings. The lowest BCUT2D eigenvalue weighted by Crippen LogP contribution is -2.39. The van der Waals surface area contributed by atoms with Crippen LogP contribution in [-0.2, 0) is 21.4 Å². The maximum Gasteiger partial charge on any atom is 0.255 e. The number of nitrogens with zero attached hydrogens (tertiary/aromatic N) is 2. The number of amides is 1. The quantitative estimate of drug-likeness (QED) is 0.356. The standard InChI is InChI=1S/C27H31N3O4S/c1-19-9-11-23(12-10-19)17-30(35(32,33)27-21(3)13-20(2)14-22(27)4)18-26(31)29-28-16-24-7-6-8-25(15-24)34-5/h6-16H,17-18H2,1-5H3,(H,29,31)/b28-16+. The number of hydrogen-bond acceptors (Lipinski definition) is 5. The second-order valence-corrected chi connectivity index (χ2v) is 10.4. The smallest absolute Gasteiger partial charge is 0.255 e. The third-order valence-corrected chi connectivity index (χ3v) is 7.60. The number of rotatable bonds is 9. The minimum absolute atomic E-state index is 0.0579. The fourth-order valence-corrected chi connectivity index (χ4v) is 5.72. The van der Waals surface area contributed by atoms with Gasteiger partial charge in [0, 0.05) is 6.54 Å². The molecule has 0 heterocycles. The van der Waals surface area contributed by atoms with Crippen molar-refractivity contribution in [2.45, 2.75) is 39.1 Å². The summed E-state index contributed by atoms with van der Waals surface area (Å²) in [5.41, 5.74) is 7.30. The van der Waals surface area contributed by atoms with Crippen LogP contribution in [0.5, 0.6) is 5.75 Å². The molecule has 0 fully saturated rings. The average Bonchev–Trinajstić information content (AvgIpc) is 2.79. The molecule has 1 N–H and O–H groups in total. The van der Waals surface area contributed by atoms with Crippen molar-refractivity contribution in [2.75, 3.05) is 13.7 Å². The third-order valence-electron chi connectivity index (χ3n) is 5.50. The van der Waals surface area contributed by atoms with Gasteiger partial charge in [0.05, 0.1) is 24.8 Å². The molecule has 0 bridgehead atoms. The number of methoxy groups -OCH3 is 1. The Morgan fingerprint density at radius 1 is 0.971 bits per heavy atom. The predicted molar refractivity (Wildman–Crippen MR) is 138 cm³/mol. The third kappa shape index (κ3) is 6.77. The summed E-state index contributed by atoms with van der Waals surface area (Å²) < 4.78 is 33.9. The van der Waals surface area contributed by atoms with E-state index in [1.165, 1.54) is 10.5 Å². The Labute approximate surface area is 207 Å². The van der Waals surface area contributed by atoms with Crippen molar-refractivity contribution in [1.82, 2.24) is 9.73 Å². The highest BCUT2D eigenvalue weighted by atomic mass is 32.2. The van der Waals surface area contributed by atoms with Gasteiger partial charge in [0.1, 0.15) is 5.75 Å². The van der Waals surface area contributed by atoms with Crippen LogP contribution in [0.1, 0.15) is 33.4 Å². The van der Waals surface area contributed by atoms with Crippen LogP contribution in [0.4, 0.5) is 0 Å². The summed E-state index contributed by atoms with van der Waals surface area (Å²) >= 11 is 0. The number of aryl methyl sites for hydroxylation is 4. The molecule has 0 aliphatic heterocycles. The van der Waals surface area contributed by atoms with Crippen LogP contribution in [0, 0.1) is 27.7 Å². The van der Waals surface area contributed by atoms with Crippen molar-refractivity contribution >= 4 is 22.1 Å². The van der Waals surface area contributed by atoms with Crippen LogP contribution in [-0.4, -0.2) is 38.5 Å². The Balaban J connectivity index is 1.86. The molecule has 0 unspecified atom stereocenters. The number of nitrogens with one attached hydrogen (secondary N) is 1.